The minimum Gasteiger partial charge on any atom is -0.509 e. The van der Waals surface area contributed by atoms with Crippen LogP contribution in [0, 0.1) is 0 Å². The normalized spacial score (nSPS) is 8.17. The van der Waals surface area contributed by atoms with Gasteiger partial charge >= 0.3 is 7.48 Å². The monoisotopic (exact) mass is 83.0 g/mol. The quantitative estimate of drug-likeness (QED) is 0.332. The van der Waals surface area contributed by atoms with Crippen molar-refractivity contribution < 1.29 is 9.31 Å². The van der Waals surface area contributed by atoms with E-state index in [1.165, 1.54) is 7.48 Å². The summed E-state index contributed by atoms with van der Waals surface area (Å²) in [6.45, 7) is 0.441. The maximum absolute atomic E-state index is 4.58. The Morgan fingerprint density at radius 1 is 1.83 bits per heavy atom. The second-order valence-corrected chi connectivity index (χ2v) is 0.758. The molecule has 3 radical (unpaired) electrons. The number of ether oxygens (including phenoxy) is 1. The maximum Gasteiger partial charge on any atom is 0.301 e. The van der Waals surface area contributed by atoms with E-state index in [4.69, 9.17) is 0 Å². The summed E-state index contributed by atoms with van der Waals surface area (Å²) in [6.07, 6.45) is 0. The van der Waals surface area contributed by atoms with Crippen molar-refractivity contribution in [1.29, 1.82) is 0 Å². The molecule has 0 heterocycles. The lowest BCUT2D eigenvalue weighted by Crippen LogP contribution is -2.02. The van der Waals surface area contributed by atoms with Crippen LogP contribution >= 0.6 is 0 Å². The van der Waals surface area contributed by atoms with Crippen molar-refractivity contribution >= 4 is 15.5 Å². The van der Waals surface area contributed by atoms with Crippen LogP contribution in [0.2, 0.25) is 0 Å². The van der Waals surface area contributed by atoms with Crippen LogP contribution in [-0.4, -0.2) is 29.1 Å². The van der Waals surface area contributed by atoms with Gasteiger partial charge in [0.2, 0.25) is 0 Å². The first-order chi connectivity index (χ1) is 2.91. The Balaban J connectivity index is 2.34. The van der Waals surface area contributed by atoms with Crippen molar-refractivity contribution in [2.75, 3.05) is 13.6 Å². The van der Waals surface area contributed by atoms with Gasteiger partial charge < -0.3 is 9.31 Å². The Labute approximate surface area is 39.5 Å². The number of rotatable bonds is 3. The highest BCUT2D eigenvalue weighted by atomic mass is 16.5. The fourth-order valence-corrected chi connectivity index (χ4v) is 0.107. The zero-order valence-electron chi connectivity index (χ0n) is 3.68. The topological polar surface area (TPSA) is 18.5 Å². The van der Waals surface area contributed by atoms with E-state index in [1.54, 1.807) is 7.11 Å². The molecule has 31 valence electrons. The summed E-state index contributed by atoms with van der Waals surface area (Å²) in [4.78, 5) is 0. The van der Waals surface area contributed by atoms with Crippen LogP contribution in [0.25, 0.3) is 0 Å². The first-order valence-corrected chi connectivity index (χ1v) is 1.58. The molecule has 0 saturated carbocycles. The van der Waals surface area contributed by atoms with E-state index >= 15 is 0 Å². The van der Waals surface area contributed by atoms with Crippen LogP contribution < -0.4 is 0 Å². The first-order valence-electron chi connectivity index (χ1n) is 1.58. The molecule has 4 heteroatoms. The Morgan fingerprint density at radius 3 is 2.67 bits per heavy atom. The molecule has 0 rings (SSSR count). The average molecular weight is 82.7 g/mol. The fraction of sp³-hybridized carbons (Fsp3) is 1.00. The number of hydrogen-bond acceptors (Lipinski definition) is 2. The Kier molecular flexibility index (Phi) is 5.09. The summed E-state index contributed by atoms with van der Waals surface area (Å²) >= 11 is 0. The first kappa shape index (κ1) is 6.05. The SMILES string of the molecule is [B]O[B]COC. The molecule has 0 fully saturated rings. The van der Waals surface area contributed by atoms with Gasteiger partial charge in [0.1, 0.15) is 0 Å². The molecule has 0 aromatic heterocycles. The van der Waals surface area contributed by atoms with Crippen molar-refractivity contribution in [2.45, 2.75) is 0 Å². The maximum atomic E-state index is 4.58. The third kappa shape index (κ3) is 4.05. The van der Waals surface area contributed by atoms with Crippen molar-refractivity contribution in [1.82, 2.24) is 0 Å². The molecular formula is C2H5B2O2. The third-order valence-corrected chi connectivity index (χ3v) is 0.331. The van der Waals surface area contributed by atoms with Gasteiger partial charge in [-0.1, -0.05) is 0 Å². The highest BCUT2D eigenvalue weighted by molar-refractivity contribution is 6.33. The van der Waals surface area contributed by atoms with Gasteiger partial charge in [0.05, 0.1) is 0 Å². The van der Waals surface area contributed by atoms with E-state index in [0.717, 1.165) is 0 Å². The van der Waals surface area contributed by atoms with Gasteiger partial charge in [0, 0.05) is 13.6 Å². The predicted molar refractivity (Wildman–Crippen MR) is 24.5 cm³/mol. The highest BCUT2D eigenvalue weighted by Crippen LogP contribution is 1.60. The van der Waals surface area contributed by atoms with Crippen molar-refractivity contribution in [3.05, 3.63) is 0 Å². The lowest BCUT2D eigenvalue weighted by atomic mass is 10.0. The summed E-state index contributed by atoms with van der Waals surface area (Å²) < 4.78 is 8.55. The zero-order valence-corrected chi connectivity index (χ0v) is 3.68. The van der Waals surface area contributed by atoms with Gasteiger partial charge in [-0.15, -0.1) is 0 Å². The Bertz CT molecular complexity index is 21.5. The molecule has 0 aliphatic heterocycles. The van der Waals surface area contributed by atoms with E-state index in [2.05, 4.69) is 17.4 Å². The molecule has 0 bridgehead atoms. The van der Waals surface area contributed by atoms with Gasteiger partial charge in [-0.25, -0.2) is 0 Å². The smallest absolute Gasteiger partial charge is 0.301 e. The molecule has 0 amide bonds. The summed E-state index contributed by atoms with van der Waals surface area (Å²) in [6, 6.07) is 0. The lowest BCUT2D eigenvalue weighted by molar-refractivity contribution is 0.244. The molecule has 0 aliphatic carbocycles. The van der Waals surface area contributed by atoms with Crippen molar-refractivity contribution in [3.63, 3.8) is 0 Å². The van der Waals surface area contributed by atoms with Crippen molar-refractivity contribution in [2.24, 2.45) is 0 Å². The van der Waals surface area contributed by atoms with E-state index < -0.39 is 0 Å². The Hall–Kier alpha value is 0.0499. The second-order valence-electron chi connectivity index (χ2n) is 0.758. The van der Waals surface area contributed by atoms with Crippen LogP contribution in [0.5, 0.6) is 0 Å². The summed E-state index contributed by atoms with van der Waals surface area (Å²) in [5, 5.41) is 0. The van der Waals surface area contributed by atoms with Gasteiger partial charge in [-0.3, -0.25) is 0 Å². The van der Waals surface area contributed by atoms with E-state index in [1.807, 2.05) is 0 Å². The lowest BCUT2D eigenvalue weighted by Gasteiger charge is -1.89. The van der Waals surface area contributed by atoms with E-state index in [0.29, 0.717) is 6.51 Å². The van der Waals surface area contributed by atoms with Gasteiger partial charge in [0.25, 0.3) is 8.05 Å². The van der Waals surface area contributed by atoms with Crippen LogP contribution in [0.4, 0.5) is 0 Å². The molecule has 0 spiro atoms. The van der Waals surface area contributed by atoms with Crippen LogP contribution in [0.1, 0.15) is 0 Å². The average Bonchev–Trinajstić information content (AvgIpc) is 1.61. The van der Waals surface area contributed by atoms with Crippen LogP contribution in [0.15, 0.2) is 0 Å². The molecule has 6 heavy (non-hydrogen) atoms. The predicted octanol–water partition coefficient (Wildman–Crippen LogP) is -0.690. The van der Waals surface area contributed by atoms with Crippen LogP contribution in [0.3, 0.4) is 0 Å². The largest absolute Gasteiger partial charge is 0.509 e. The minimum atomic E-state index is 0.441. The molecule has 0 saturated heterocycles. The molecule has 0 aromatic rings. The van der Waals surface area contributed by atoms with Gasteiger partial charge in [-0.05, 0) is 0 Å². The molecule has 0 aromatic carbocycles. The fourth-order valence-electron chi connectivity index (χ4n) is 0.107. The van der Waals surface area contributed by atoms with Gasteiger partial charge in [0.15, 0.2) is 0 Å². The van der Waals surface area contributed by atoms with Crippen LogP contribution in [-0.2, 0) is 9.31 Å². The molecular weight excluding hydrogens is 77.6 g/mol. The zero-order chi connectivity index (χ0) is 4.83. The van der Waals surface area contributed by atoms with E-state index in [9.17, 15) is 0 Å². The van der Waals surface area contributed by atoms with E-state index in [-0.39, 0.29) is 0 Å². The number of methoxy groups -OCH3 is 1. The standard InChI is InChI=1S/C2H5B2O2/c1-5-2-4-6-3/h2H2,1H3. The summed E-state index contributed by atoms with van der Waals surface area (Å²) in [5.41, 5.74) is 0. The second kappa shape index (κ2) is 5.05. The molecule has 0 aliphatic rings. The molecule has 0 unspecified atom stereocenters. The summed E-state index contributed by atoms with van der Waals surface area (Å²) in [5.74, 6) is 0. The molecule has 2 nitrogen and oxygen atoms in total. The number of hydrogen-bond donors (Lipinski definition) is 0. The van der Waals surface area contributed by atoms with Gasteiger partial charge in [-0.2, -0.15) is 0 Å². The minimum absolute atomic E-state index is 0.441. The Morgan fingerprint density at radius 2 is 2.50 bits per heavy atom. The van der Waals surface area contributed by atoms with Crippen molar-refractivity contribution in [3.8, 4) is 0 Å². The third-order valence-electron chi connectivity index (χ3n) is 0.331. The molecule has 0 atom stereocenters. The summed E-state index contributed by atoms with van der Waals surface area (Å²) in [7, 11) is 7.51. The highest BCUT2D eigenvalue weighted by Gasteiger charge is 1.80. The molecule has 0 N–H and O–H groups in total.